The van der Waals surface area contributed by atoms with Gasteiger partial charge in [-0.05, 0) is 57.8 Å². The normalized spacial score (nSPS) is 21.1. The largest absolute Gasteiger partial charge is 0.456 e. The fourth-order valence-electron chi connectivity index (χ4n) is 9.41. The van der Waals surface area contributed by atoms with E-state index >= 15 is 0 Å². The van der Waals surface area contributed by atoms with Gasteiger partial charge in [0, 0.05) is 63.1 Å². The SMILES string of the molecule is C[C@H]1C(C2=CC=CC3C=CC=CC23)=CCC(c2cc(-n3c4ccccc4c4cc5ccccc5cc43)cc3oc4ccccc4c23)=NC1c1ccccc1. The standard InChI is InChI=1S/C51H38N2O/c1-32-38(40-23-13-19-33-14-7-8-20-39(33)40)26-27-45(52-51(32)34-15-3-2-4-16-34)44-30-37(31-49-50(44)42-22-10-12-25-48(42)54-49)53-46-24-11-9-21-41(46)43-28-35-17-5-6-18-36(35)29-47(43)53/h2-26,28-33,39,51H,27H2,1H3/t32-,33?,39?,51?/m0/s1. The van der Waals surface area contributed by atoms with Gasteiger partial charge < -0.3 is 8.98 Å². The van der Waals surface area contributed by atoms with Crippen LogP contribution in [0.1, 0.15) is 30.5 Å². The molecule has 0 saturated carbocycles. The summed E-state index contributed by atoms with van der Waals surface area (Å²) in [6.07, 6.45) is 19.2. The average molecular weight is 695 g/mol. The Labute approximate surface area is 314 Å². The molecule has 3 heterocycles. The smallest absolute Gasteiger partial charge is 0.138 e. The van der Waals surface area contributed by atoms with Crippen LogP contribution in [0.25, 0.3) is 60.2 Å². The summed E-state index contributed by atoms with van der Waals surface area (Å²) in [7, 11) is 0. The molecule has 258 valence electrons. The Balaban J connectivity index is 1.17. The molecule has 2 aliphatic carbocycles. The number of nitrogens with zero attached hydrogens (tertiary/aromatic N) is 2. The highest BCUT2D eigenvalue weighted by Gasteiger charge is 2.33. The average Bonchev–Trinajstić information content (AvgIpc) is 3.70. The zero-order chi connectivity index (χ0) is 35.8. The van der Waals surface area contributed by atoms with Gasteiger partial charge in [-0.15, -0.1) is 0 Å². The third-order valence-corrected chi connectivity index (χ3v) is 12.0. The predicted molar refractivity (Wildman–Crippen MR) is 226 cm³/mol. The van der Waals surface area contributed by atoms with Crippen LogP contribution in [0, 0.1) is 17.8 Å². The molecule has 3 unspecified atom stereocenters. The first-order valence-corrected chi connectivity index (χ1v) is 19.1. The Hall–Kier alpha value is -6.45. The second-order valence-electron chi connectivity index (χ2n) is 15.0. The number of aliphatic imine (C=N–C) groups is 1. The molecule has 3 heteroatoms. The van der Waals surface area contributed by atoms with Crippen molar-refractivity contribution in [3.05, 3.63) is 198 Å². The molecule has 0 saturated heterocycles. The summed E-state index contributed by atoms with van der Waals surface area (Å²) in [6.45, 7) is 2.37. The Morgan fingerprint density at radius 2 is 1.37 bits per heavy atom. The van der Waals surface area contributed by atoms with Gasteiger partial charge in [-0.2, -0.15) is 0 Å². The topological polar surface area (TPSA) is 30.4 Å². The maximum atomic E-state index is 6.74. The fraction of sp³-hybridized carbons (Fsp3) is 0.118. The molecule has 1 aliphatic heterocycles. The van der Waals surface area contributed by atoms with Crippen LogP contribution >= 0.6 is 0 Å². The van der Waals surface area contributed by atoms with Crippen molar-refractivity contribution in [3.63, 3.8) is 0 Å². The first-order valence-electron chi connectivity index (χ1n) is 19.1. The van der Waals surface area contributed by atoms with Crippen molar-refractivity contribution in [2.75, 3.05) is 0 Å². The fourth-order valence-corrected chi connectivity index (χ4v) is 9.41. The molecule has 2 aromatic heterocycles. The van der Waals surface area contributed by atoms with Crippen molar-refractivity contribution < 1.29 is 4.42 Å². The van der Waals surface area contributed by atoms with Crippen LogP contribution in [0.5, 0.6) is 0 Å². The molecule has 3 nitrogen and oxygen atoms in total. The Morgan fingerprint density at radius 1 is 0.630 bits per heavy atom. The summed E-state index contributed by atoms with van der Waals surface area (Å²) in [5, 5.41) is 7.18. The second-order valence-corrected chi connectivity index (χ2v) is 15.0. The number of aromatic nitrogens is 1. The first-order chi connectivity index (χ1) is 26.7. The zero-order valence-corrected chi connectivity index (χ0v) is 30.1. The van der Waals surface area contributed by atoms with Crippen LogP contribution in [0.3, 0.4) is 0 Å². The Kier molecular flexibility index (Phi) is 7.10. The van der Waals surface area contributed by atoms with Gasteiger partial charge in [0.15, 0.2) is 0 Å². The predicted octanol–water partition coefficient (Wildman–Crippen LogP) is 13.2. The van der Waals surface area contributed by atoms with E-state index < -0.39 is 0 Å². The molecule has 0 radical (unpaired) electrons. The number of fused-ring (bicyclic) bond motifs is 8. The first kappa shape index (κ1) is 31.1. The van der Waals surface area contributed by atoms with Gasteiger partial charge in [-0.1, -0.05) is 147 Å². The van der Waals surface area contributed by atoms with E-state index in [4.69, 9.17) is 9.41 Å². The van der Waals surface area contributed by atoms with Crippen LogP contribution in [0.15, 0.2) is 197 Å². The monoisotopic (exact) mass is 694 g/mol. The Bertz CT molecular complexity index is 3000. The molecule has 11 rings (SSSR count). The summed E-state index contributed by atoms with van der Waals surface area (Å²) in [6, 6.07) is 46.0. The lowest BCUT2D eigenvalue weighted by molar-refractivity contribution is 0.526. The van der Waals surface area contributed by atoms with E-state index in [2.05, 4.69) is 187 Å². The van der Waals surface area contributed by atoms with Crippen LogP contribution in [0.2, 0.25) is 0 Å². The highest BCUT2D eigenvalue weighted by atomic mass is 16.3. The lowest BCUT2D eigenvalue weighted by atomic mass is 9.73. The molecule has 0 N–H and O–H groups in total. The van der Waals surface area contributed by atoms with Crippen LogP contribution in [-0.4, -0.2) is 10.3 Å². The molecule has 54 heavy (non-hydrogen) atoms. The number of allylic oxidation sites excluding steroid dienone is 9. The van der Waals surface area contributed by atoms with Crippen LogP contribution < -0.4 is 0 Å². The van der Waals surface area contributed by atoms with Gasteiger partial charge in [-0.25, -0.2) is 0 Å². The van der Waals surface area contributed by atoms with Gasteiger partial charge in [0.2, 0.25) is 0 Å². The summed E-state index contributed by atoms with van der Waals surface area (Å²) in [4.78, 5) is 5.81. The lowest BCUT2D eigenvalue weighted by Gasteiger charge is -2.32. The quantitative estimate of drug-likeness (QED) is 0.180. The van der Waals surface area contributed by atoms with E-state index in [0.717, 1.165) is 45.3 Å². The molecule has 6 aromatic carbocycles. The summed E-state index contributed by atoms with van der Waals surface area (Å²) < 4.78 is 9.16. The molecule has 0 bridgehead atoms. The van der Waals surface area contributed by atoms with E-state index in [1.165, 1.54) is 49.3 Å². The molecule has 0 fully saturated rings. The number of furan rings is 1. The van der Waals surface area contributed by atoms with Crippen molar-refractivity contribution in [1.29, 1.82) is 0 Å². The number of rotatable bonds is 4. The van der Waals surface area contributed by atoms with E-state index in [-0.39, 0.29) is 12.0 Å². The minimum atomic E-state index is -0.0557. The van der Waals surface area contributed by atoms with Crippen molar-refractivity contribution in [1.82, 2.24) is 4.57 Å². The summed E-state index contributed by atoms with van der Waals surface area (Å²) >= 11 is 0. The van der Waals surface area contributed by atoms with E-state index in [1.807, 2.05) is 0 Å². The lowest BCUT2D eigenvalue weighted by Crippen LogP contribution is -2.21. The molecular formula is C51H38N2O. The molecule has 4 atom stereocenters. The molecule has 3 aliphatic rings. The van der Waals surface area contributed by atoms with Gasteiger partial charge in [0.1, 0.15) is 11.2 Å². The minimum absolute atomic E-state index is 0.0557. The highest BCUT2D eigenvalue weighted by Crippen LogP contribution is 2.45. The number of para-hydroxylation sites is 2. The maximum absolute atomic E-state index is 6.74. The maximum Gasteiger partial charge on any atom is 0.138 e. The third kappa shape index (κ3) is 4.85. The van der Waals surface area contributed by atoms with E-state index in [0.29, 0.717) is 11.8 Å². The van der Waals surface area contributed by atoms with Crippen molar-refractivity contribution in [3.8, 4) is 5.69 Å². The second kappa shape index (κ2) is 12.3. The number of benzene rings is 6. The highest BCUT2D eigenvalue weighted by molar-refractivity contribution is 6.20. The third-order valence-electron chi connectivity index (χ3n) is 12.0. The van der Waals surface area contributed by atoms with Gasteiger partial charge in [-0.3, -0.25) is 4.99 Å². The summed E-state index contributed by atoms with van der Waals surface area (Å²) in [5.41, 5.74) is 11.4. The molecule has 8 aromatic rings. The van der Waals surface area contributed by atoms with Gasteiger partial charge >= 0.3 is 0 Å². The number of hydrogen-bond acceptors (Lipinski definition) is 2. The zero-order valence-electron chi connectivity index (χ0n) is 30.1. The minimum Gasteiger partial charge on any atom is -0.456 e. The van der Waals surface area contributed by atoms with Crippen molar-refractivity contribution in [2.24, 2.45) is 22.7 Å². The van der Waals surface area contributed by atoms with Crippen LogP contribution in [-0.2, 0) is 0 Å². The van der Waals surface area contributed by atoms with Crippen LogP contribution in [0.4, 0.5) is 0 Å². The van der Waals surface area contributed by atoms with Crippen molar-refractivity contribution >= 4 is 60.2 Å². The molecule has 0 amide bonds. The van der Waals surface area contributed by atoms with E-state index in [1.54, 1.807) is 0 Å². The van der Waals surface area contributed by atoms with Crippen molar-refractivity contribution in [2.45, 2.75) is 19.4 Å². The Morgan fingerprint density at radius 3 is 2.26 bits per heavy atom. The molecule has 0 spiro atoms. The van der Waals surface area contributed by atoms with Gasteiger partial charge in [0.05, 0.1) is 22.8 Å². The molecular weight excluding hydrogens is 657 g/mol. The van der Waals surface area contributed by atoms with Gasteiger partial charge in [0.25, 0.3) is 0 Å². The number of hydrogen-bond donors (Lipinski definition) is 0. The van der Waals surface area contributed by atoms with E-state index in [9.17, 15) is 0 Å². The summed E-state index contributed by atoms with van der Waals surface area (Å²) in [5.74, 6) is 0.873.